The Morgan fingerprint density at radius 2 is 1.58 bits per heavy atom. The second kappa shape index (κ2) is 25.3. The summed E-state index contributed by atoms with van der Waals surface area (Å²) in [5, 5.41) is 2.09. The van der Waals surface area contributed by atoms with E-state index in [2.05, 4.69) is 35.5 Å². The molecule has 0 amide bonds. The summed E-state index contributed by atoms with van der Waals surface area (Å²) in [6, 6.07) is 0. The Kier molecular flexibility index (Phi) is 25.5. The first-order valence-corrected chi connectivity index (χ1v) is 14.4. The molecule has 1 fully saturated rings. The van der Waals surface area contributed by atoms with E-state index in [0.717, 1.165) is 39.0 Å². The maximum Gasteiger partial charge on any atom is 0.224 e. The van der Waals surface area contributed by atoms with Crippen molar-refractivity contribution in [2.24, 2.45) is 0 Å². The van der Waals surface area contributed by atoms with E-state index >= 15 is 0 Å². The molecule has 1 aromatic heterocycles. The largest absolute Gasteiger partial charge is 1.00 e. The van der Waals surface area contributed by atoms with Crippen molar-refractivity contribution >= 4 is 11.3 Å². The highest BCUT2D eigenvalue weighted by molar-refractivity contribution is 7.07. The first-order chi connectivity index (χ1) is 15.8. The number of halogens is 1. The molecule has 0 aliphatic carbocycles. The Labute approximate surface area is 226 Å². The van der Waals surface area contributed by atoms with Crippen LogP contribution in [0.4, 0.5) is 0 Å². The first kappa shape index (κ1) is 33.2. The van der Waals surface area contributed by atoms with Gasteiger partial charge in [-0.2, -0.15) is 4.57 Å². The Bertz CT molecular complexity index is 482. The van der Waals surface area contributed by atoms with Crippen molar-refractivity contribution in [3.63, 3.8) is 0 Å². The summed E-state index contributed by atoms with van der Waals surface area (Å²) in [6.07, 6.45) is 24.3. The number of unbranched alkanes of at least 4 members (excludes halogenated alkanes) is 11. The number of nitrogens with zero attached hydrogens (tertiary/aromatic N) is 1. The van der Waals surface area contributed by atoms with E-state index in [1.807, 2.05) is 0 Å². The molecule has 1 aliphatic heterocycles. The molecule has 2 atom stereocenters. The van der Waals surface area contributed by atoms with E-state index in [1.54, 1.807) is 18.4 Å². The number of methoxy groups -OCH3 is 1. The molecule has 33 heavy (non-hydrogen) atoms. The number of hydrogen-bond acceptors (Lipinski definition) is 4. The van der Waals surface area contributed by atoms with Gasteiger partial charge in [0.1, 0.15) is 6.54 Å². The van der Waals surface area contributed by atoms with E-state index in [9.17, 15) is 0 Å². The molecular formula is C27H52INO3S. The number of thiazole rings is 1. The quantitative estimate of drug-likeness (QED) is 0.0946. The molecule has 0 radical (unpaired) electrons. The molecule has 0 aromatic carbocycles. The Morgan fingerprint density at radius 1 is 0.939 bits per heavy atom. The van der Waals surface area contributed by atoms with Crippen LogP contribution < -0.4 is 28.5 Å². The molecule has 1 aromatic rings. The standard InChI is InChI=1S/C16H32O.C11H20NO2S.HI/c1-2-3-4-5-6-7-8-9-10-11-12-13-16-14-15-17-16;1-3-11(13-2)14-8-5-4-6-12-7-9-15-10-12;/h16H,2-15H2,1H3;7,9-11H,3-6,8H2,1-2H3;1H/q;+1;/p-1. The third-order valence-corrected chi connectivity index (χ3v) is 6.83. The van der Waals surface area contributed by atoms with E-state index in [-0.39, 0.29) is 30.3 Å². The Hall–Kier alpha value is 0.240. The van der Waals surface area contributed by atoms with Crippen molar-refractivity contribution in [2.45, 2.75) is 136 Å². The summed E-state index contributed by atoms with van der Waals surface area (Å²) in [6.45, 7) is 7.24. The van der Waals surface area contributed by atoms with Gasteiger partial charge in [0.2, 0.25) is 5.51 Å². The van der Waals surface area contributed by atoms with Gasteiger partial charge in [-0.25, -0.2) is 0 Å². The zero-order valence-corrected chi connectivity index (χ0v) is 24.8. The Balaban J connectivity index is 0.000000607. The summed E-state index contributed by atoms with van der Waals surface area (Å²) in [7, 11) is 1.69. The summed E-state index contributed by atoms with van der Waals surface area (Å²) in [4.78, 5) is 0. The van der Waals surface area contributed by atoms with Crippen LogP contribution in [-0.4, -0.2) is 32.7 Å². The van der Waals surface area contributed by atoms with Gasteiger partial charge >= 0.3 is 0 Å². The summed E-state index contributed by atoms with van der Waals surface area (Å²) in [5.74, 6) is 0. The van der Waals surface area contributed by atoms with Gasteiger partial charge < -0.3 is 38.2 Å². The van der Waals surface area contributed by atoms with Crippen LogP contribution in [0.3, 0.4) is 0 Å². The van der Waals surface area contributed by atoms with Gasteiger partial charge in [0.25, 0.3) is 0 Å². The van der Waals surface area contributed by atoms with Crippen LogP contribution in [-0.2, 0) is 20.8 Å². The number of ether oxygens (including phenoxy) is 3. The van der Waals surface area contributed by atoms with Crippen LogP contribution in [0, 0.1) is 0 Å². The normalized spacial score (nSPS) is 15.8. The van der Waals surface area contributed by atoms with Crippen molar-refractivity contribution in [3.05, 3.63) is 17.1 Å². The van der Waals surface area contributed by atoms with E-state index in [1.165, 1.54) is 83.5 Å². The molecule has 6 heteroatoms. The second-order valence-corrected chi connectivity index (χ2v) is 9.78. The van der Waals surface area contributed by atoms with Crippen molar-refractivity contribution in [1.29, 1.82) is 0 Å². The SMILES string of the molecule is CCC(OC)OCCCC[n+]1ccsc1.CCCCCCCCCCCCCC1CCO1.[I-]. The number of rotatable bonds is 20. The smallest absolute Gasteiger partial charge is 0.224 e. The predicted molar refractivity (Wildman–Crippen MR) is 136 cm³/mol. The molecule has 1 aliphatic rings. The van der Waals surface area contributed by atoms with Crippen molar-refractivity contribution < 1.29 is 42.8 Å². The zero-order chi connectivity index (χ0) is 23.1. The monoisotopic (exact) mass is 597 g/mol. The van der Waals surface area contributed by atoms with Gasteiger partial charge in [0.15, 0.2) is 12.5 Å². The molecule has 2 rings (SSSR count). The average molecular weight is 598 g/mol. The fourth-order valence-corrected chi connectivity index (χ4v) is 4.53. The van der Waals surface area contributed by atoms with Crippen LogP contribution in [0.1, 0.15) is 117 Å². The summed E-state index contributed by atoms with van der Waals surface area (Å²) >= 11 is 1.73. The fraction of sp³-hybridized carbons (Fsp3) is 0.889. The van der Waals surface area contributed by atoms with Crippen LogP contribution in [0.5, 0.6) is 0 Å². The van der Waals surface area contributed by atoms with Gasteiger partial charge in [-0.1, -0.05) is 95.8 Å². The minimum atomic E-state index is -0.0289. The lowest BCUT2D eigenvalue weighted by atomic mass is 10.0. The molecule has 196 valence electrons. The zero-order valence-electron chi connectivity index (χ0n) is 21.8. The van der Waals surface area contributed by atoms with E-state index in [0.29, 0.717) is 6.10 Å². The first-order valence-electron chi connectivity index (χ1n) is 13.5. The van der Waals surface area contributed by atoms with Gasteiger partial charge in [-0.3, -0.25) is 0 Å². The van der Waals surface area contributed by atoms with Crippen molar-refractivity contribution in [3.8, 4) is 0 Å². The van der Waals surface area contributed by atoms with E-state index < -0.39 is 0 Å². The highest BCUT2D eigenvalue weighted by atomic mass is 127. The number of aryl methyl sites for hydroxylation is 1. The van der Waals surface area contributed by atoms with Crippen LogP contribution in [0.2, 0.25) is 0 Å². The van der Waals surface area contributed by atoms with Crippen LogP contribution >= 0.6 is 11.3 Å². The minimum absolute atomic E-state index is 0. The molecule has 2 heterocycles. The van der Waals surface area contributed by atoms with Gasteiger partial charge in [-0.15, -0.1) is 0 Å². The molecule has 0 N–H and O–H groups in total. The maximum atomic E-state index is 5.53. The lowest BCUT2D eigenvalue weighted by Crippen LogP contribution is -3.00. The second-order valence-electron chi connectivity index (χ2n) is 9.02. The lowest BCUT2D eigenvalue weighted by molar-refractivity contribution is -0.692. The number of hydrogen-bond donors (Lipinski definition) is 0. The molecular weight excluding hydrogens is 545 g/mol. The highest BCUT2D eigenvalue weighted by Crippen LogP contribution is 2.19. The lowest BCUT2D eigenvalue weighted by Gasteiger charge is -2.26. The highest BCUT2D eigenvalue weighted by Gasteiger charge is 2.16. The molecule has 0 bridgehead atoms. The minimum Gasteiger partial charge on any atom is -1.00 e. The van der Waals surface area contributed by atoms with Crippen LogP contribution in [0.15, 0.2) is 17.1 Å². The average Bonchev–Trinajstić information content (AvgIpc) is 3.30. The molecule has 2 unspecified atom stereocenters. The molecule has 0 saturated carbocycles. The fourth-order valence-electron chi connectivity index (χ4n) is 3.90. The molecule has 0 spiro atoms. The third-order valence-electron chi connectivity index (χ3n) is 6.16. The molecule has 4 nitrogen and oxygen atoms in total. The predicted octanol–water partition coefficient (Wildman–Crippen LogP) is 4.70. The maximum absolute atomic E-state index is 5.53. The van der Waals surface area contributed by atoms with E-state index in [4.69, 9.17) is 14.2 Å². The topological polar surface area (TPSA) is 31.6 Å². The molecule has 1 saturated heterocycles. The van der Waals surface area contributed by atoms with Crippen molar-refractivity contribution in [1.82, 2.24) is 0 Å². The van der Waals surface area contributed by atoms with Crippen molar-refractivity contribution in [2.75, 3.05) is 20.3 Å². The summed E-state index contributed by atoms with van der Waals surface area (Å²) in [5.41, 5.74) is 2.13. The van der Waals surface area contributed by atoms with Gasteiger partial charge in [-0.05, 0) is 25.7 Å². The Morgan fingerprint density at radius 3 is 2.06 bits per heavy atom. The van der Waals surface area contributed by atoms with Gasteiger partial charge in [0, 0.05) is 26.7 Å². The number of aromatic nitrogens is 1. The third kappa shape index (κ3) is 20.2. The van der Waals surface area contributed by atoms with Crippen LogP contribution in [0.25, 0.3) is 0 Å². The van der Waals surface area contributed by atoms with Gasteiger partial charge in [0.05, 0.1) is 11.5 Å². The summed E-state index contributed by atoms with van der Waals surface area (Å²) < 4.78 is 18.3.